The van der Waals surface area contributed by atoms with Gasteiger partial charge >= 0.3 is 0 Å². The summed E-state index contributed by atoms with van der Waals surface area (Å²) < 4.78 is 0. The van der Waals surface area contributed by atoms with Crippen molar-refractivity contribution in [1.29, 1.82) is 0 Å². The SMILES string of the molecule is NCCSc1nc(-c2cccs2)cc(=O)[nH]1. The van der Waals surface area contributed by atoms with E-state index in [1.54, 1.807) is 11.3 Å². The highest BCUT2D eigenvalue weighted by atomic mass is 32.2. The second-order valence-electron chi connectivity index (χ2n) is 3.05. The summed E-state index contributed by atoms with van der Waals surface area (Å²) in [5.74, 6) is 0.747. The molecule has 0 saturated carbocycles. The van der Waals surface area contributed by atoms with Crippen LogP contribution in [0, 0.1) is 0 Å². The smallest absolute Gasteiger partial charge is 0.252 e. The van der Waals surface area contributed by atoms with Crippen LogP contribution in [0.2, 0.25) is 0 Å². The van der Waals surface area contributed by atoms with Crippen molar-refractivity contribution >= 4 is 23.1 Å². The third-order valence-electron chi connectivity index (χ3n) is 1.85. The van der Waals surface area contributed by atoms with Crippen LogP contribution in [0.5, 0.6) is 0 Å². The Morgan fingerprint density at radius 1 is 1.56 bits per heavy atom. The molecule has 0 fully saturated rings. The fraction of sp³-hybridized carbons (Fsp3) is 0.200. The van der Waals surface area contributed by atoms with Crippen molar-refractivity contribution in [3.63, 3.8) is 0 Å². The number of nitrogens with zero attached hydrogens (tertiary/aromatic N) is 1. The molecule has 3 N–H and O–H groups in total. The molecule has 2 rings (SSSR count). The third-order valence-corrected chi connectivity index (χ3v) is 3.65. The molecule has 84 valence electrons. The van der Waals surface area contributed by atoms with E-state index >= 15 is 0 Å². The average Bonchev–Trinajstić information content (AvgIpc) is 2.79. The Morgan fingerprint density at radius 3 is 3.12 bits per heavy atom. The second kappa shape index (κ2) is 5.29. The lowest BCUT2D eigenvalue weighted by atomic mass is 10.3. The molecule has 4 nitrogen and oxygen atoms in total. The van der Waals surface area contributed by atoms with Crippen LogP contribution in [0.15, 0.2) is 33.5 Å². The van der Waals surface area contributed by atoms with E-state index in [9.17, 15) is 4.79 Å². The maximum atomic E-state index is 11.4. The van der Waals surface area contributed by atoms with E-state index in [1.165, 1.54) is 17.8 Å². The minimum absolute atomic E-state index is 0.127. The van der Waals surface area contributed by atoms with Gasteiger partial charge in [0.2, 0.25) is 0 Å². The molecule has 0 aliphatic rings. The highest BCUT2D eigenvalue weighted by Crippen LogP contribution is 2.22. The molecule has 0 radical (unpaired) electrons. The molecule has 0 aliphatic carbocycles. The molecular formula is C10H11N3OS2. The molecule has 0 unspecified atom stereocenters. The zero-order chi connectivity index (χ0) is 11.4. The number of aromatic amines is 1. The lowest BCUT2D eigenvalue weighted by Crippen LogP contribution is -2.09. The molecule has 0 saturated heterocycles. The minimum atomic E-state index is -0.127. The zero-order valence-corrected chi connectivity index (χ0v) is 10.1. The van der Waals surface area contributed by atoms with Crippen molar-refractivity contribution in [1.82, 2.24) is 9.97 Å². The van der Waals surface area contributed by atoms with E-state index in [0.717, 1.165) is 16.3 Å². The highest BCUT2D eigenvalue weighted by molar-refractivity contribution is 7.99. The van der Waals surface area contributed by atoms with E-state index in [-0.39, 0.29) is 5.56 Å². The Bertz CT molecular complexity index is 507. The van der Waals surface area contributed by atoms with Gasteiger partial charge in [-0.05, 0) is 11.4 Å². The molecule has 0 aliphatic heterocycles. The van der Waals surface area contributed by atoms with Gasteiger partial charge in [0, 0.05) is 18.4 Å². The van der Waals surface area contributed by atoms with Gasteiger partial charge in [-0.15, -0.1) is 11.3 Å². The van der Waals surface area contributed by atoms with Gasteiger partial charge in [-0.3, -0.25) is 4.79 Å². The molecule has 0 spiro atoms. The van der Waals surface area contributed by atoms with E-state index in [0.29, 0.717) is 11.7 Å². The van der Waals surface area contributed by atoms with Gasteiger partial charge < -0.3 is 10.7 Å². The van der Waals surface area contributed by atoms with Crippen molar-refractivity contribution in [3.05, 3.63) is 33.9 Å². The first-order valence-electron chi connectivity index (χ1n) is 4.77. The van der Waals surface area contributed by atoms with Gasteiger partial charge in [-0.2, -0.15) is 0 Å². The number of hydrogen-bond acceptors (Lipinski definition) is 5. The van der Waals surface area contributed by atoms with Crippen LogP contribution in [0.3, 0.4) is 0 Å². The van der Waals surface area contributed by atoms with Crippen molar-refractivity contribution < 1.29 is 0 Å². The maximum absolute atomic E-state index is 11.4. The molecular weight excluding hydrogens is 242 g/mol. The molecule has 0 aromatic carbocycles. The molecule has 6 heteroatoms. The normalized spacial score (nSPS) is 10.6. The first-order chi connectivity index (χ1) is 7.79. The van der Waals surface area contributed by atoms with E-state index in [4.69, 9.17) is 5.73 Å². The molecule has 0 atom stereocenters. The van der Waals surface area contributed by atoms with Crippen LogP contribution >= 0.6 is 23.1 Å². The number of aromatic nitrogens is 2. The van der Waals surface area contributed by atoms with Crippen LogP contribution in [-0.4, -0.2) is 22.3 Å². The molecule has 2 heterocycles. The number of thiophene rings is 1. The topological polar surface area (TPSA) is 71.8 Å². The van der Waals surface area contributed by atoms with Gasteiger partial charge in [0.15, 0.2) is 5.16 Å². The Morgan fingerprint density at radius 2 is 2.44 bits per heavy atom. The van der Waals surface area contributed by atoms with Gasteiger partial charge in [-0.25, -0.2) is 4.98 Å². The summed E-state index contributed by atoms with van der Waals surface area (Å²) in [6, 6.07) is 5.40. The first kappa shape index (κ1) is 11.4. The lowest BCUT2D eigenvalue weighted by Gasteiger charge is -2.01. The Kier molecular flexibility index (Phi) is 3.76. The number of nitrogens with one attached hydrogen (secondary N) is 1. The Balaban J connectivity index is 2.33. The summed E-state index contributed by atoms with van der Waals surface area (Å²) in [5.41, 5.74) is 6.00. The maximum Gasteiger partial charge on any atom is 0.252 e. The third kappa shape index (κ3) is 2.72. The van der Waals surface area contributed by atoms with E-state index in [1.807, 2.05) is 17.5 Å². The van der Waals surface area contributed by atoms with Crippen LogP contribution in [-0.2, 0) is 0 Å². The molecule has 2 aromatic heterocycles. The van der Waals surface area contributed by atoms with Crippen LogP contribution in [0.25, 0.3) is 10.6 Å². The lowest BCUT2D eigenvalue weighted by molar-refractivity contribution is 0.942. The summed E-state index contributed by atoms with van der Waals surface area (Å²) in [6.07, 6.45) is 0. The summed E-state index contributed by atoms with van der Waals surface area (Å²) in [4.78, 5) is 19.5. The molecule has 16 heavy (non-hydrogen) atoms. The van der Waals surface area contributed by atoms with Crippen LogP contribution in [0.1, 0.15) is 0 Å². The first-order valence-corrected chi connectivity index (χ1v) is 6.64. The van der Waals surface area contributed by atoms with Crippen LogP contribution < -0.4 is 11.3 Å². The predicted octanol–water partition coefficient (Wildman–Crippen LogP) is 1.55. The number of hydrogen-bond donors (Lipinski definition) is 2. The average molecular weight is 253 g/mol. The Hall–Kier alpha value is -1.11. The van der Waals surface area contributed by atoms with Crippen LogP contribution in [0.4, 0.5) is 0 Å². The summed E-state index contributed by atoms with van der Waals surface area (Å²) in [6.45, 7) is 0.567. The molecule has 0 bridgehead atoms. The van der Waals surface area contributed by atoms with Gasteiger partial charge in [-0.1, -0.05) is 17.8 Å². The monoisotopic (exact) mass is 253 g/mol. The summed E-state index contributed by atoms with van der Waals surface area (Å²) >= 11 is 3.03. The Labute approximate surface area is 101 Å². The predicted molar refractivity (Wildman–Crippen MR) is 67.9 cm³/mol. The molecule has 0 amide bonds. The summed E-state index contributed by atoms with van der Waals surface area (Å²) in [7, 11) is 0. The fourth-order valence-corrected chi connectivity index (χ4v) is 2.54. The molecule has 2 aromatic rings. The fourth-order valence-electron chi connectivity index (χ4n) is 1.21. The van der Waals surface area contributed by atoms with Gasteiger partial charge in [0.25, 0.3) is 5.56 Å². The van der Waals surface area contributed by atoms with Crippen molar-refractivity contribution in [2.24, 2.45) is 5.73 Å². The zero-order valence-electron chi connectivity index (χ0n) is 8.47. The van der Waals surface area contributed by atoms with E-state index < -0.39 is 0 Å². The number of rotatable bonds is 4. The standard InChI is InChI=1S/C10H11N3OS2/c11-3-5-16-10-12-7(6-9(14)13-10)8-2-1-4-15-8/h1-2,4,6H,3,5,11H2,(H,12,13,14). The van der Waals surface area contributed by atoms with Crippen molar-refractivity contribution in [2.75, 3.05) is 12.3 Å². The van der Waals surface area contributed by atoms with Crippen molar-refractivity contribution in [2.45, 2.75) is 5.16 Å². The number of nitrogens with two attached hydrogens (primary N) is 1. The van der Waals surface area contributed by atoms with Crippen molar-refractivity contribution in [3.8, 4) is 10.6 Å². The highest BCUT2D eigenvalue weighted by Gasteiger charge is 2.04. The minimum Gasteiger partial charge on any atom is -0.330 e. The number of thioether (sulfide) groups is 1. The van der Waals surface area contributed by atoms with E-state index in [2.05, 4.69) is 9.97 Å². The summed E-state index contributed by atoms with van der Waals surface area (Å²) in [5, 5.41) is 2.59. The number of H-pyrrole nitrogens is 1. The largest absolute Gasteiger partial charge is 0.330 e. The second-order valence-corrected chi connectivity index (χ2v) is 5.08. The quantitative estimate of drug-likeness (QED) is 0.640. The van der Waals surface area contributed by atoms with Gasteiger partial charge in [0.05, 0.1) is 10.6 Å². The van der Waals surface area contributed by atoms with Gasteiger partial charge in [0.1, 0.15) is 0 Å².